The number of nitrogen functional groups attached to an aromatic ring is 1. The maximum atomic E-state index is 15.2. The fraction of sp³-hybridized carbons (Fsp3) is 0.348. The van der Waals surface area contributed by atoms with Crippen LogP contribution in [-0.2, 0) is 4.74 Å². The Morgan fingerprint density at radius 3 is 2.81 bits per heavy atom. The number of hydrogen-bond acceptors (Lipinski definition) is 6. The second-order valence-corrected chi connectivity index (χ2v) is 8.05. The highest BCUT2D eigenvalue weighted by Crippen LogP contribution is 2.40. The number of nitrogens with two attached hydrogens (primary N) is 1. The molecule has 5 rings (SSSR count). The van der Waals surface area contributed by atoms with Crippen molar-refractivity contribution in [3.8, 4) is 17.5 Å². The lowest BCUT2D eigenvalue weighted by molar-refractivity contribution is -0.0366. The van der Waals surface area contributed by atoms with Gasteiger partial charge in [0, 0.05) is 35.4 Å². The summed E-state index contributed by atoms with van der Waals surface area (Å²) >= 11 is 0. The van der Waals surface area contributed by atoms with Crippen LogP contribution in [0.25, 0.3) is 27.6 Å². The summed E-state index contributed by atoms with van der Waals surface area (Å²) in [5.74, 6) is 0.270. The highest BCUT2D eigenvalue weighted by atomic mass is 19.1. The van der Waals surface area contributed by atoms with Gasteiger partial charge in [-0.05, 0) is 33.1 Å². The number of hydrogen-bond donors (Lipinski definition) is 1. The average Bonchev–Trinajstić information content (AvgIpc) is 3.33. The minimum atomic E-state index is -0.399. The first-order valence-corrected chi connectivity index (χ1v) is 10.5. The van der Waals surface area contributed by atoms with Gasteiger partial charge in [-0.3, -0.25) is 4.57 Å². The molecule has 1 saturated heterocycles. The molecule has 8 nitrogen and oxygen atoms in total. The van der Waals surface area contributed by atoms with E-state index >= 15 is 4.39 Å². The molecule has 0 spiro atoms. The Morgan fingerprint density at radius 2 is 2.12 bits per heavy atom. The van der Waals surface area contributed by atoms with Crippen molar-refractivity contribution in [1.29, 1.82) is 5.26 Å². The summed E-state index contributed by atoms with van der Waals surface area (Å²) in [6.45, 7) is 4.16. The first kappa shape index (κ1) is 20.3. The Balaban J connectivity index is 1.87. The Bertz CT molecular complexity index is 1410. The minimum Gasteiger partial charge on any atom is -0.496 e. The van der Waals surface area contributed by atoms with Crippen molar-refractivity contribution in [2.24, 2.45) is 0 Å². The second kappa shape index (κ2) is 7.50. The van der Waals surface area contributed by atoms with Crippen molar-refractivity contribution < 1.29 is 13.9 Å². The van der Waals surface area contributed by atoms with Gasteiger partial charge in [-0.15, -0.1) is 0 Å². The fourth-order valence-corrected chi connectivity index (χ4v) is 4.55. The van der Waals surface area contributed by atoms with E-state index in [0.717, 1.165) is 19.3 Å². The number of aryl methyl sites for hydroxylation is 1. The van der Waals surface area contributed by atoms with Gasteiger partial charge in [-0.2, -0.15) is 10.4 Å². The number of pyridine rings is 1. The number of aromatic nitrogens is 4. The van der Waals surface area contributed by atoms with Crippen LogP contribution >= 0.6 is 0 Å². The van der Waals surface area contributed by atoms with Crippen molar-refractivity contribution >= 4 is 27.8 Å². The molecule has 0 aliphatic carbocycles. The standard InChI is InChI=1S/C23H23FN6O2/c1-12-8-18(31-3)20-14(10-25)22(26)29(23(20)28-12)21-13(2)16(24)9-17-15(21)11-27-30(17)19-6-4-5-7-32-19/h8-9,11,19H,4-7,26H2,1-3H3. The highest BCUT2D eigenvalue weighted by molar-refractivity contribution is 5.99. The lowest BCUT2D eigenvalue weighted by atomic mass is 10.1. The Labute approximate surface area is 184 Å². The summed E-state index contributed by atoms with van der Waals surface area (Å²) in [6, 6.07) is 5.39. The first-order valence-electron chi connectivity index (χ1n) is 10.5. The molecule has 32 heavy (non-hydrogen) atoms. The second-order valence-electron chi connectivity index (χ2n) is 8.05. The van der Waals surface area contributed by atoms with Gasteiger partial charge in [0.1, 0.15) is 29.0 Å². The van der Waals surface area contributed by atoms with Crippen LogP contribution in [0.3, 0.4) is 0 Å². The number of rotatable bonds is 3. The van der Waals surface area contributed by atoms with E-state index in [9.17, 15) is 5.26 Å². The van der Waals surface area contributed by atoms with Crippen molar-refractivity contribution in [1.82, 2.24) is 19.3 Å². The predicted molar refractivity (Wildman–Crippen MR) is 118 cm³/mol. The number of methoxy groups -OCH3 is 1. The van der Waals surface area contributed by atoms with E-state index in [-0.39, 0.29) is 17.6 Å². The lowest BCUT2D eigenvalue weighted by Gasteiger charge is -2.23. The van der Waals surface area contributed by atoms with Gasteiger partial charge in [-0.1, -0.05) is 0 Å². The molecule has 3 aromatic heterocycles. The zero-order chi connectivity index (χ0) is 22.6. The number of anilines is 1. The third-order valence-corrected chi connectivity index (χ3v) is 6.10. The summed E-state index contributed by atoms with van der Waals surface area (Å²) in [4.78, 5) is 4.64. The molecule has 0 amide bonds. The van der Waals surface area contributed by atoms with Gasteiger partial charge < -0.3 is 15.2 Å². The van der Waals surface area contributed by atoms with E-state index in [1.165, 1.54) is 13.2 Å². The maximum absolute atomic E-state index is 15.2. The number of halogens is 1. The summed E-state index contributed by atoms with van der Waals surface area (Å²) in [7, 11) is 1.53. The molecule has 0 saturated carbocycles. The van der Waals surface area contributed by atoms with Gasteiger partial charge in [0.25, 0.3) is 0 Å². The van der Waals surface area contributed by atoms with E-state index in [4.69, 9.17) is 15.2 Å². The van der Waals surface area contributed by atoms with Crippen LogP contribution in [-0.4, -0.2) is 33.0 Å². The van der Waals surface area contributed by atoms with E-state index < -0.39 is 5.82 Å². The van der Waals surface area contributed by atoms with Crippen molar-refractivity contribution in [3.05, 3.63) is 41.0 Å². The zero-order valence-electron chi connectivity index (χ0n) is 18.1. The Kier molecular flexibility index (Phi) is 4.75. The molecule has 1 atom stereocenters. The number of nitrogens with zero attached hydrogens (tertiary/aromatic N) is 5. The monoisotopic (exact) mass is 434 g/mol. The minimum absolute atomic E-state index is 0.176. The summed E-state index contributed by atoms with van der Waals surface area (Å²) in [5, 5.41) is 15.6. The Morgan fingerprint density at radius 1 is 1.31 bits per heavy atom. The van der Waals surface area contributed by atoms with E-state index in [1.54, 1.807) is 28.4 Å². The maximum Gasteiger partial charge on any atom is 0.151 e. The molecule has 4 heterocycles. The summed E-state index contributed by atoms with van der Waals surface area (Å²) in [6.07, 6.45) is 4.29. The molecular formula is C23H23FN6O2. The van der Waals surface area contributed by atoms with E-state index in [2.05, 4.69) is 16.2 Å². The predicted octanol–water partition coefficient (Wildman–Crippen LogP) is 4.29. The molecule has 4 aromatic rings. The van der Waals surface area contributed by atoms with Gasteiger partial charge >= 0.3 is 0 Å². The zero-order valence-corrected chi connectivity index (χ0v) is 18.1. The fourth-order valence-electron chi connectivity index (χ4n) is 4.55. The van der Waals surface area contributed by atoms with Crippen LogP contribution in [0.15, 0.2) is 18.3 Å². The van der Waals surface area contributed by atoms with Gasteiger partial charge in [0.05, 0.1) is 29.9 Å². The third-order valence-electron chi connectivity index (χ3n) is 6.10. The number of ether oxygens (including phenoxy) is 2. The number of benzene rings is 1. The quantitative estimate of drug-likeness (QED) is 0.516. The van der Waals surface area contributed by atoms with Crippen LogP contribution in [0.4, 0.5) is 10.2 Å². The molecule has 1 unspecified atom stereocenters. The van der Waals surface area contributed by atoms with Gasteiger partial charge in [0.2, 0.25) is 0 Å². The van der Waals surface area contributed by atoms with Crippen LogP contribution in [0.5, 0.6) is 5.75 Å². The van der Waals surface area contributed by atoms with Gasteiger partial charge in [0.15, 0.2) is 11.9 Å². The molecule has 164 valence electrons. The highest BCUT2D eigenvalue weighted by Gasteiger charge is 2.27. The molecular weight excluding hydrogens is 411 g/mol. The van der Waals surface area contributed by atoms with Crippen LogP contribution < -0.4 is 10.5 Å². The average molecular weight is 434 g/mol. The summed E-state index contributed by atoms with van der Waals surface area (Å²) < 4.78 is 30.0. The largest absolute Gasteiger partial charge is 0.496 e. The topological polar surface area (TPSA) is 104 Å². The molecule has 1 fully saturated rings. The first-order chi connectivity index (χ1) is 15.5. The smallest absolute Gasteiger partial charge is 0.151 e. The molecule has 1 aliphatic heterocycles. The summed E-state index contributed by atoms with van der Waals surface area (Å²) in [5.41, 5.74) is 9.33. The van der Waals surface area contributed by atoms with E-state index in [1.807, 2.05) is 6.92 Å². The molecule has 1 aliphatic rings. The van der Waals surface area contributed by atoms with E-state index in [0.29, 0.717) is 51.2 Å². The van der Waals surface area contributed by atoms with Crippen molar-refractivity contribution in [2.75, 3.05) is 19.5 Å². The van der Waals surface area contributed by atoms with Crippen LogP contribution in [0.1, 0.15) is 42.3 Å². The Hall–Kier alpha value is -3.64. The molecule has 1 aromatic carbocycles. The molecule has 2 N–H and O–H groups in total. The number of nitriles is 1. The third kappa shape index (κ3) is 2.83. The van der Waals surface area contributed by atoms with Crippen molar-refractivity contribution in [3.63, 3.8) is 0 Å². The SMILES string of the molecule is COc1cc(C)nc2c1c(C#N)c(N)n2-c1c(C)c(F)cc2c1cnn2C1CCCCO1. The molecule has 9 heteroatoms. The normalized spacial score (nSPS) is 16.5. The molecule has 0 radical (unpaired) electrons. The van der Waals surface area contributed by atoms with Gasteiger partial charge in [-0.25, -0.2) is 14.1 Å². The van der Waals surface area contributed by atoms with Crippen LogP contribution in [0.2, 0.25) is 0 Å². The number of fused-ring (bicyclic) bond motifs is 2. The molecule has 0 bridgehead atoms. The van der Waals surface area contributed by atoms with Crippen molar-refractivity contribution in [2.45, 2.75) is 39.3 Å². The lowest BCUT2D eigenvalue weighted by Crippen LogP contribution is -2.19. The van der Waals surface area contributed by atoms with Crippen LogP contribution in [0, 0.1) is 31.0 Å².